The molecule has 0 N–H and O–H groups in total. The minimum absolute atomic E-state index is 0.544. The van der Waals surface area contributed by atoms with Gasteiger partial charge in [-0.3, -0.25) is 4.57 Å². The lowest BCUT2D eigenvalue weighted by molar-refractivity contribution is 0.953. The zero-order valence-corrected chi connectivity index (χ0v) is 33.5. The van der Waals surface area contributed by atoms with Crippen LogP contribution in [0.15, 0.2) is 218 Å². The maximum atomic E-state index is 5.35. The lowest BCUT2D eigenvalue weighted by atomic mass is 9.99. The van der Waals surface area contributed by atoms with Crippen molar-refractivity contribution in [3.63, 3.8) is 0 Å². The Balaban J connectivity index is 1.09. The van der Waals surface area contributed by atoms with Gasteiger partial charge in [-0.05, 0) is 59.7 Å². The van der Waals surface area contributed by atoms with Crippen molar-refractivity contribution in [2.45, 2.75) is 0 Å². The summed E-state index contributed by atoms with van der Waals surface area (Å²) in [4.78, 5) is 21.0. The summed E-state index contributed by atoms with van der Waals surface area (Å²) in [5, 5.41) is 4.66. The lowest BCUT2D eigenvalue weighted by Crippen LogP contribution is -2.06. The Labute approximate surface area is 357 Å². The van der Waals surface area contributed by atoms with Crippen LogP contribution < -0.4 is 0 Å². The summed E-state index contributed by atoms with van der Waals surface area (Å²) < 4.78 is 4.60. The number of pyridine rings is 1. The van der Waals surface area contributed by atoms with E-state index in [0.29, 0.717) is 17.6 Å². The third kappa shape index (κ3) is 5.96. The summed E-state index contributed by atoms with van der Waals surface area (Å²) in [7, 11) is 0. The van der Waals surface area contributed by atoms with E-state index in [1.54, 1.807) is 0 Å². The van der Waals surface area contributed by atoms with Gasteiger partial charge in [0.1, 0.15) is 0 Å². The summed E-state index contributed by atoms with van der Waals surface area (Å²) in [5.74, 6) is 1.71. The highest BCUT2D eigenvalue weighted by molar-refractivity contribution is 6.26. The molecular weight excluding hydrogens is 757 g/mol. The van der Waals surface area contributed by atoms with Gasteiger partial charge in [0.05, 0.1) is 33.5 Å². The Morgan fingerprint density at radius 1 is 0.290 bits per heavy atom. The monoisotopic (exact) mass is 792 g/mol. The molecule has 0 aliphatic carbocycles. The fraction of sp³-hybridized carbons (Fsp3) is 0. The van der Waals surface area contributed by atoms with Crippen molar-refractivity contribution in [3.05, 3.63) is 218 Å². The van der Waals surface area contributed by atoms with Crippen LogP contribution in [0.5, 0.6) is 0 Å². The highest BCUT2D eigenvalue weighted by Gasteiger charge is 2.23. The fourth-order valence-corrected chi connectivity index (χ4v) is 8.93. The van der Waals surface area contributed by atoms with Crippen LogP contribution in [0.2, 0.25) is 0 Å². The third-order valence-corrected chi connectivity index (χ3v) is 11.8. The molecule has 0 unspecified atom stereocenters. The van der Waals surface area contributed by atoms with E-state index in [4.69, 9.17) is 19.9 Å². The first-order valence-electron chi connectivity index (χ1n) is 20.8. The SMILES string of the molecule is c1ccc(-c2cc(-c3ccccc3)nc(-c3cccc(-c4nc(-c5ccccc5)nc(-n5c6ccccc6c6c5ccc5c7ccccc7n(-c7ccccc7)c56)n4)c3)c2)cc1. The minimum Gasteiger partial charge on any atom is -0.309 e. The van der Waals surface area contributed by atoms with E-state index in [1.165, 1.54) is 10.8 Å². The van der Waals surface area contributed by atoms with Gasteiger partial charge < -0.3 is 4.57 Å². The van der Waals surface area contributed by atoms with E-state index < -0.39 is 0 Å². The zero-order valence-electron chi connectivity index (χ0n) is 33.5. The van der Waals surface area contributed by atoms with Gasteiger partial charge >= 0.3 is 0 Å². The zero-order chi connectivity index (χ0) is 41.0. The molecule has 4 heterocycles. The molecule has 0 amide bonds. The van der Waals surface area contributed by atoms with E-state index in [2.05, 4.69) is 197 Å². The quantitative estimate of drug-likeness (QED) is 0.161. The maximum Gasteiger partial charge on any atom is 0.238 e. The lowest BCUT2D eigenvalue weighted by Gasteiger charge is -2.13. The molecule has 0 atom stereocenters. The average Bonchev–Trinajstić information content (AvgIpc) is 3.88. The van der Waals surface area contributed by atoms with Crippen LogP contribution in [0.3, 0.4) is 0 Å². The first-order chi connectivity index (χ1) is 30.7. The number of benzene rings is 8. The molecule has 12 aromatic rings. The van der Waals surface area contributed by atoms with Gasteiger partial charge in [0.15, 0.2) is 11.6 Å². The van der Waals surface area contributed by atoms with Crippen LogP contribution >= 0.6 is 0 Å². The summed E-state index contributed by atoms with van der Waals surface area (Å²) in [5.41, 5.74) is 13.2. The Morgan fingerprint density at radius 3 is 1.53 bits per heavy atom. The molecule has 0 radical (unpaired) electrons. The van der Waals surface area contributed by atoms with E-state index in [0.717, 1.165) is 83.3 Å². The first-order valence-corrected chi connectivity index (χ1v) is 20.8. The van der Waals surface area contributed by atoms with Gasteiger partial charge in [-0.2, -0.15) is 9.97 Å². The van der Waals surface area contributed by atoms with Crippen molar-refractivity contribution in [1.29, 1.82) is 0 Å². The van der Waals surface area contributed by atoms with Crippen LogP contribution in [-0.2, 0) is 0 Å². The van der Waals surface area contributed by atoms with Crippen LogP contribution in [0, 0.1) is 0 Å². The second-order valence-electron chi connectivity index (χ2n) is 15.5. The van der Waals surface area contributed by atoms with Crippen molar-refractivity contribution in [3.8, 4) is 68.1 Å². The molecule has 0 aliphatic rings. The first kappa shape index (κ1) is 35.5. The normalized spacial score (nSPS) is 11.5. The molecule has 62 heavy (non-hydrogen) atoms. The second kappa shape index (κ2) is 14.7. The van der Waals surface area contributed by atoms with Gasteiger partial charge in [-0.25, -0.2) is 9.97 Å². The van der Waals surface area contributed by atoms with Crippen molar-refractivity contribution in [2.75, 3.05) is 0 Å². The molecular formula is C56H36N6. The molecule has 0 fully saturated rings. The second-order valence-corrected chi connectivity index (χ2v) is 15.5. The summed E-state index contributed by atoms with van der Waals surface area (Å²) in [6, 6.07) is 76.1. The highest BCUT2D eigenvalue weighted by Crippen LogP contribution is 2.42. The van der Waals surface area contributed by atoms with Crippen molar-refractivity contribution in [2.24, 2.45) is 0 Å². The Bertz CT molecular complexity index is 3560. The Morgan fingerprint density at radius 2 is 0.823 bits per heavy atom. The standard InChI is InChI=1S/C56H36N6/c1-5-18-37(19-6-1)42-35-47(38-20-7-2-8-21-38)57-48(36-42)40-24-17-25-41(34-40)55-58-54(39-22-9-3-10-23-39)59-56(60-55)62-50-31-16-14-29-46(50)52-51(62)33-32-45-44-28-13-15-30-49(44)61(53(45)52)43-26-11-4-12-27-43/h1-36H. The molecule has 6 nitrogen and oxygen atoms in total. The minimum atomic E-state index is 0.544. The largest absolute Gasteiger partial charge is 0.309 e. The smallest absolute Gasteiger partial charge is 0.238 e. The van der Waals surface area contributed by atoms with Crippen LogP contribution in [-0.4, -0.2) is 29.1 Å². The van der Waals surface area contributed by atoms with Crippen molar-refractivity contribution in [1.82, 2.24) is 29.1 Å². The number of nitrogens with zero attached hydrogens (tertiary/aromatic N) is 6. The molecule has 0 aliphatic heterocycles. The van der Waals surface area contributed by atoms with Crippen molar-refractivity contribution >= 4 is 43.6 Å². The topological polar surface area (TPSA) is 61.4 Å². The van der Waals surface area contributed by atoms with Crippen LogP contribution in [0.1, 0.15) is 0 Å². The van der Waals surface area contributed by atoms with Crippen LogP contribution in [0.4, 0.5) is 0 Å². The van der Waals surface area contributed by atoms with Gasteiger partial charge in [-0.1, -0.05) is 170 Å². The average molecular weight is 793 g/mol. The number of aromatic nitrogens is 6. The molecule has 0 spiro atoms. The Hall–Kier alpha value is -8.48. The molecule has 8 aromatic carbocycles. The van der Waals surface area contributed by atoms with E-state index >= 15 is 0 Å². The van der Waals surface area contributed by atoms with E-state index in [1.807, 2.05) is 30.3 Å². The molecule has 6 heteroatoms. The summed E-state index contributed by atoms with van der Waals surface area (Å²) in [6.45, 7) is 0. The molecule has 0 saturated heterocycles. The van der Waals surface area contributed by atoms with Gasteiger partial charge in [-0.15, -0.1) is 0 Å². The number of para-hydroxylation sites is 3. The molecule has 12 rings (SSSR count). The number of hydrogen-bond donors (Lipinski definition) is 0. The summed E-state index contributed by atoms with van der Waals surface area (Å²) >= 11 is 0. The number of fused-ring (bicyclic) bond motifs is 7. The predicted octanol–water partition coefficient (Wildman–Crippen LogP) is 13.8. The van der Waals surface area contributed by atoms with Gasteiger partial charge in [0.2, 0.25) is 5.95 Å². The molecule has 290 valence electrons. The predicted molar refractivity (Wildman–Crippen MR) is 253 cm³/mol. The molecule has 0 bridgehead atoms. The highest BCUT2D eigenvalue weighted by atomic mass is 15.2. The number of rotatable bonds is 7. The third-order valence-electron chi connectivity index (χ3n) is 11.8. The number of hydrogen-bond acceptors (Lipinski definition) is 4. The Kier molecular flexibility index (Phi) is 8.38. The molecule has 4 aromatic heterocycles. The van der Waals surface area contributed by atoms with Gasteiger partial charge in [0.25, 0.3) is 0 Å². The van der Waals surface area contributed by atoms with Crippen molar-refractivity contribution < 1.29 is 0 Å². The molecule has 0 saturated carbocycles. The maximum absolute atomic E-state index is 5.35. The van der Waals surface area contributed by atoms with Gasteiger partial charge in [0, 0.05) is 49.5 Å². The fourth-order valence-electron chi connectivity index (χ4n) is 8.93. The van der Waals surface area contributed by atoms with Crippen LogP contribution in [0.25, 0.3) is 112 Å². The summed E-state index contributed by atoms with van der Waals surface area (Å²) in [6.07, 6.45) is 0. The van der Waals surface area contributed by atoms with E-state index in [-0.39, 0.29) is 0 Å². The van der Waals surface area contributed by atoms with E-state index in [9.17, 15) is 0 Å².